The number of ether oxygens (including phenoxy) is 2. The van der Waals surface area contributed by atoms with Gasteiger partial charge in [0, 0.05) is 12.6 Å². The summed E-state index contributed by atoms with van der Waals surface area (Å²) in [6.07, 6.45) is 5.64. The first-order chi connectivity index (χ1) is 13.7. The number of hydrogen-bond donors (Lipinski definition) is 0. The standard InChI is InChI=1S/C24H35NO4/c1-5-28-21(26)19-11-13-24(14-12-19)15-20(16-24)25(22(27)29-23(2,3)4)17-18-9-7-6-8-10-18/h6-10,19-20H,5,11-17H2,1-4H3. The van der Waals surface area contributed by atoms with E-state index in [4.69, 9.17) is 9.47 Å². The largest absolute Gasteiger partial charge is 0.466 e. The predicted octanol–water partition coefficient (Wildman–Crippen LogP) is 5.33. The molecule has 0 bridgehead atoms. The average molecular weight is 402 g/mol. The summed E-state index contributed by atoms with van der Waals surface area (Å²) in [6, 6.07) is 10.3. The van der Waals surface area contributed by atoms with Crippen molar-refractivity contribution in [1.82, 2.24) is 4.90 Å². The van der Waals surface area contributed by atoms with Gasteiger partial charge in [-0.2, -0.15) is 0 Å². The molecule has 2 saturated carbocycles. The van der Waals surface area contributed by atoms with E-state index in [1.165, 1.54) is 0 Å². The van der Waals surface area contributed by atoms with Crippen LogP contribution in [0.15, 0.2) is 30.3 Å². The maximum Gasteiger partial charge on any atom is 0.410 e. The Morgan fingerprint density at radius 3 is 2.28 bits per heavy atom. The molecule has 0 saturated heterocycles. The van der Waals surface area contributed by atoms with Gasteiger partial charge in [0.25, 0.3) is 0 Å². The molecule has 0 N–H and O–H groups in total. The lowest BCUT2D eigenvalue weighted by Gasteiger charge is -2.54. The summed E-state index contributed by atoms with van der Waals surface area (Å²) in [5.74, 6) is 0.00332. The number of esters is 1. The molecule has 0 aromatic heterocycles. The maximum absolute atomic E-state index is 12.9. The van der Waals surface area contributed by atoms with Crippen LogP contribution in [0.5, 0.6) is 0 Å². The van der Waals surface area contributed by atoms with Crippen molar-refractivity contribution in [2.75, 3.05) is 6.61 Å². The molecule has 2 aliphatic rings. The summed E-state index contributed by atoms with van der Waals surface area (Å²) in [5.41, 5.74) is 0.876. The second-order valence-corrected chi connectivity index (χ2v) is 9.68. The van der Waals surface area contributed by atoms with Gasteiger partial charge in [0.2, 0.25) is 0 Å². The minimum absolute atomic E-state index is 0.0438. The Morgan fingerprint density at radius 2 is 1.72 bits per heavy atom. The van der Waals surface area contributed by atoms with Crippen LogP contribution in [0.2, 0.25) is 0 Å². The molecule has 0 aliphatic heterocycles. The molecule has 1 spiro atoms. The van der Waals surface area contributed by atoms with E-state index >= 15 is 0 Å². The smallest absolute Gasteiger partial charge is 0.410 e. The van der Waals surface area contributed by atoms with Crippen LogP contribution in [-0.2, 0) is 20.8 Å². The Hall–Kier alpha value is -2.04. The fourth-order valence-corrected chi connectivity index (χ4v) is 4.74. The van der Waals surface area contributed by atoms with E-state index in [9.17, 15) is 9.59 Å². The highest BCUT2D eigenvalue weighted by Crippen LogP contribution is 2.54. The Labute approximate surface area is 174 Å². The fourth-order valence-electron chi connectivity index (χ4n) is 4.74. The Kier molecular flexibility index (Phi) is 6.55. The topological polar surface area (TPSA) is 55.8 Å². The molecule has 3 rings (SSSR count). The molecule has 0 heterocycles. The molecule has 0 radical (unpaired) electrons. The maximum atomic E-state index is 12.9. The van der Waals surface area contributed by atoms with E-state index in [0.717, 1.165) is 44.1 Å². The lowest BCUT2D eigenvalue weighted by Crippen LogP contribution is -2.54. The van der Waals surface area contributed by atoms with Crippen LogP contribution in [-0.4, -0.2) is 35.2 Å². The molecule has 160 valence electrons. The summed E-state index contributed by atoms with van der Waals surface area (Å²) < 4.78 is 10.9. The normalized spacial score (nSPS) is 26.5. The molecule has 1 amide bonds. The minimum Gasteiger partial charge on any atom is -0.466 e. The van der Waals surface area contributed by atoms with E-state index in [2.05, 4.69) is 12.1 Å². The first-order valence-corrected chi connectivity index (χ1v) is 10.9. The minimum atomic E-state index is -0.509. The third kappa shape index (κ3) is 5.52. The molecule has 5 nitrogen and oxygen atoms in total. The van der Waals surface area contributed by atoms with Crippen molar-refractivity contribution in [2.45, 2.75) is 84.4 Å². The zero-order valence-corrected chi connectivity index (χ0v) is 18.3. The van der Waals surface area contributed by atoms with Crippen LogP contribution in [0.3, 0.4) is 0 Å². The summed E-state index contributed by atoms with van der Waals surface area (Å²) in [7, 11) is 0. The van der Waals surface area contributed by atoms with Crippen LogP contribution in [0.1, 0.15) is 71.8 Å². The highest BCUT2D eigenvalue weighted by atomic mass is 16.6. The van der Waals surface area contributed by atoms with E-state index < -0.39 is 5.60 Å². The second kappa shape index (κ2) is 8.76. The van der Waals surface area contributed by atoms with Crippen LogP contribution < -0.4 is 0 Å². The third-order valence-corrected chi connectivity index (χ3v) is 6.27. The van der Waals surface area contributed by atoms with Gasteiger partial charge in [0.05, 0.1) is 12.5 Å². The van der Waals surface area contributed by atoms with Crippen LogP contribution >= 0.6 is 0 Å². The molecular formula is C24H35NO4. The van der Waals surface area contributed by atoms with E-state index in [0.29, 0.717) is 13.2 Å². The van der Waals surface area contributed by atoms with Crippen molar-refractivity contribution in [3.05, 3.63) is 35.9 Å². The summed E-state index contributed by atoms with van der Waals surface area (Å²) >= 11 is 0. The predicted molar refractivity (Wildman–Crippen MR) is 112 cm³/mol. The summed E-state index contributed by atoms with van der Waals surface area (Å²) in [6.45, 7) is 8.60. The number of amides is 1. The van der Waals surface area contributed by atoms with Crippen molar-refractivity contribution in [3.8, 4) is 0 Å². The van der Waals surface area contributed by atoms with Crippen molar-refractivity contribution < 1.29 is 19.1 Å². The summed E-state index contributed by atoms with van der Waals surface area (Å²) in [4.78, 5) is 26.9. The number of hydrogen-bond acceptors (Lipinski definition) is 4. The van der Waals surface area contributed by atoms with Gasteiger partial charge in [0.15, 0.2) is 0 Å². The monoisotopic (exact) mass is 401 g/mol. The lowest BCUT2D eigenvalue weighted by molar-refractivity contribution is -0.151. The van der Waals surface area contributed by atoms with Crippen molar-refractivity contribution >= 4 is 12.1 Å². The first kappa shape index (κ1) is 21.7. The Bertz CT molecular complexity index is 693. The molecule has 1 aromatic rings. The SMILES string of the molecule is CCOC(=O)C1CCC2(CC1)CC(N(Cc1ccccc1)C(=O)OC(C)(C)C)C2. The van der Waals surface area contributed by atoms with Crippen LogP contribution in [0.25, 0.3) is 0 Å². The van der Waals surface area contributed by atoms with Gasteiger partial charge >= 0.3 is 12.1 Å². The fraction of sp³-hybridized carbons (Fsp3) is 0.667. The highest BCUT2D eigenvalue weighted by molar-refractivity contribution is 5.72. The Balaban J connectivity index is 1.62. The van der Waals surface area contributed by atoms with E-state index in [-0.39, 0.29) is 29.4 Å². The van der Waals surface area contributed by atoms with Crippen LogP contribution in [0, 0.1) is 11.3 Å². The van der Waals surface area contributed by atoms with Crippen molar-refractivity contribution in [2.24, 2.45) is 11.3 Å². The number of carbonyl (C=O) groups excluding carboxylic acids is 2. The van der Waals surface area contributed by atoms with Crippen molar-refractivity contribution in [1.29, 1.82) is 0 Å². The molecule has 29 heavy (non-hydrogen) atoms. The third-order valence-electron chi connectivity index (χ3n) is 6.27. The van der Waals surface area contributed by atoms with Gasteiger partial charge < -0.3 is 14.4 Å². The van der Waals surface area contributed by atoms with Gasteiger partial charge in [-0.15, -0.1) is 0 Å². The lowest BCUT2D eigenvalue weighted by atomic mass is 9.56. The van der Waals surface area contributed by atoms with Gasteiger partial charge in [-0.05, 0) is 77.2 Å². The van der Waals surface area contributed by atoms with Crippen molar-refractivity contribution in [3.63, 3.8) is 0 Å². The van der Waals surface area contributed by atoms with Gasteiger partial charge in [0.1, 0.15) is 5.60 Å². The van der Waals surface area contributed by atoms with E-state index in [1.54, 1.807) is 0 Å². The zero-order chi connectivity index (χ0) is 21.1. The molecule has 2 fully saturated rings. The Morgan fingerprint density at radius 1 is 1.10 bits per heavy atom. The number of benzene rings is 1. The van der Waals surface area contributed by atoms with Crippen LogP contribution in [0.4, 0.5) is 4.79 Å². The molecule has 2 aliphatic carbocycles. The molecule has 0 atom stereocenters. The number of rotatable bonds is 5. The quantitative estimate of drug-likeness (QED) is 0.626. The molecule has 5 heteroatoms. The number of nitrogens with zero attached hydrogens (tertiary/aromatic N) is 1. The highest BCUT2D eigenvalue weighted by Gasteiger charge is 2.50. The average Bonchev–Trinajstić information content (AvgIpc) is 2.64. The summed E-state index contributed by atoms with van der Waals surface area (Å²) in [5, 5.41) is 0. The zero-order valence-electron chi connectivity index (χ0n) is 18.3. The molecule has 1 aromatic carbocycles. The molecular weight excluding hydrogens is 366 g/mol. The number of carbonyl (C=O) groups is 2. The molecule has 0 unspecified atom stereocenters. The van der Waals surface area contributed by atoms with E-state index in [1.807, 2.05) is 50.8 Å². The van der Waals surface area contributed by atoms with Gasteiger partial charge in [-0.25, -0.2) is 4.79 Å². The van der Waals surface area contributed by atoms with Gasteiger partial charge in [-0.3, -0.25) is 4.79 Å². The first-order valence-electron chi connectivity index (χ1n) is 10.9. The second-order valence-electron chi connectivity index (χ2n) is 9.68. The van der Waals surface area contributed by atoms with Gasteiger partial charge in [-0.1, -0.05) is 30.3 Å².